The minimum absolute atomic E-state index is 0.156. The van der Waals surface area contributed by atoms with Crippen LogP contribution in [0.3, 0.4) is 0 Å². The smallest absolute Gasteiger partial charge is 0.307 e. The van der Waals surface area contributed by atoms with Gasteiger partial charge in [-0.15, -0.1) is 0 Å². The van der Waals surface area contributed by atoms with Crippen molar-refractivity contribution in [2.45, 2.75) is 77.7 Å². The van der Waals surface area contributed by atoms with Crippen LogP contribution in [0.15, 0.2) is 54.6 Å². The van der Waals surface area contributed by atoms with Crippen LogP contribution in [0.25, 0.3) is 11.1 Å². The fraction of sp³-hybridized carbons (Fsp3) is 0.441. The predicted molar refractivity (Wildman–Crippen MR) is 148 cm³/mol. The molecule has 0 radical (unpaired) electrons. The van der Waals surface area contributed by atoms with Gasteiger partial charge in [-0.2, -0.15) is 0 Å². The third kappa shape index (κ3) is 3.95. The summed E-state index contributed by atoms with van der Waals surface area (Å²) in [5, 5.41) is 9.73. The van der Waals surface area contributed by atoms with E-state index in [4.69, 9.17) is 4.74 Å². The molecule has 4 atom stereocenters. The number of hydrogen-bond acceptors (Lipinski definition) is 2. The Morgan fingerprint density at radius 1 is 1.05 bits per heavy atom. The molecule has 2 fully saturated rings. The maximum atomic E-state index is 15.0. The van der Waals surface area contributed by atoms with E-state index in [1.165, 1.54) is 24.0 Å². The van der Waals surface area contributed by atoms with Gasteiger partial charge in [-0.05, 0) is 102 Å². The van der Waals surface area contributed by atoms with E-state index in [0.717, 1.165) is 47.3 Å². The summed E-state index contributed by atoms with van der Waals surface area (Å²) in [6.07, 6.45) is 5.29. The average molecular weight is 513 g/mol. The summed E-state index contributed by atoms with van der Waals surface area (Å²) in [6.45, 7) is 9.14. The molecule has 0 amide bonds. The first-order valence-electron chi connectivity index (χ1n) is 14.0. The van der Waals surface area contributed by atoms with E-state index >= 15 is 4.39 Å². The van der Waals surface area contributed by atoms with Crippen molar-refractivity contribution in [3.63, 3.8) is 0 Å². The molecule has 38 heavy (non-hydrogen) atoms. The molecule has 4 heteroatoms. The van der Waals surface area contributed by atoms with E-state index in [-0.39, 0.29) is 28.5 Å². The van der Waals surface area contributed by atoms with Crippen LogP contribution in [-0.2, 0) is 23.2 Å². The van der Waals surface area contributed by atoms with Gasteiger partial charge in [0.2, 0.25) is 0 Å². The van der Waals surface area contributed by atoms with Crippen molar-refractivity contribution in [1.29, 1.82) is 0 Å². The maximum absolute atomic E-state index is 15.0. The Kier molecular flexibility index (Phi) is 5.93. The molecule has 3 aliphatic carbocycles. The topological polar surface area (TPSA) is 46.5 Å². The standard InChI is InChI=1S/C34H37FO3/c1-20-7-12-30(35)27(16-20)25-11-8-22(17-26(25)28-6-5-14-33(28,3)4)19-38-24-10-9-23-13-15-34(29(23)18-24)21(2)31(34)32(36)37/h7-12,16-18,21,28,31H,5-6,13-15,19H2,1-4H3,(H,36,37)/t21-,28-,31-,34+/m1/s1. The Morgan fingerprint density at radius 3 is 2.58 bits per heavy atom. The third-order valence-electron chi connectivity index (χ3n) is 9.98. The molecular weight excluding hydrogens is 475 g/mol. The van der Waals surface area contributed by atoms with Crippen molar-refractivity contribution < 1.29 is 19.0 Å². The van der Waals surface area contributed by atoms with Gasteiger partial charge < -0.3 is 9.84 Å². The molecule has 3 aromatic carbocycles. The van der Waals surface area contributed by atoms with Crippen molar-refractivity contribution in [3.05, 3.63) is 88.2 Å². The molecule has 0 aromatic heterocycles. The number of benzene rings is 3. The summed E-state index contributed by atoms with van der Waals surface area (Å²) in [5.74, 6) is 0.127. The van der Waals surface area contributed by atoms with Crippen LogP contribution in [0.1, 0.15) is 80.2 Å². The second-order valence-electron chi connectivity index (χ2n) is 12.6. The summed E-state index contributed by atoms with van der Waals surface area (Å²) in [6, 6.07) is 17.9. The van der Waals surface area contributed by atoms with E-state index in [0.29, 0.717) is 18.1 Å². The molecule has 0 saturated heterocycles. The van der Waals surface area contributed by atoms with E-state index in [2.05, 4.69) is 51.1 Å². The largest absolute Gasteiger partial charge is 0.489 e. The highest BCUT2D eigenvalue weighted by Crippen LogP contribution is 2.66. The highest BCUT2D eigenvalue weighted by atomic mass is 19.1. The minimum Gasteiger partial charge on any atom is -0.489 e. The van der Waals surface area contributed by atoms with Gasteiger partial charge in [-0.25, -0.2) is 4.39 Å². The summed E-state index contributed by atoms with van der Waals surface area (Å²) in [5.41, 5.74) is 7.32. The first kappa shape index (κ1) is 25.2. The molecular formula is C34H37FO3. The molecule has 2 saturated carbocycles. The molecule has 1 N–H and O–H groups in total. The van der Waals surface area contributed by atoms with Crippen LogP contribution < -0.4 is 4.74 Å². The van der Waals surface area contributed by atoms with Gasteiger partial charge in [0.15, 0.2) is 0 Å². The lowest BCUT2D eigenvalue weighted by atomic mass is 9.75. The minimum atomic E-state index is -0.691. The van der Waals surface area contributed by atoms with Crippen molar-refractivity contribution in [3.8, 4) is 16.9 Å². The van der Waals surface area contributed by atoms with Crippen molar-refractivity contribution in [2.75, 3.05) is 0 Å². The Morgan fingerprint density at radius 2 is 1.87 bits per heavy atom. The lowest BCUT2D eigenvalue weighted by Gasteiger charge is -2.30. The Bertz CT molecular complexity index is 1420. The van der Waals surface area contributed by atoms with Gasteiger partial charge in [-0.3, -0.25) is 4.79 Å². The molecule has 3 aromatic rings. The number of aliphatic carboxylic acids is 1. The van der Waals surface area contributed by atoms with E-state index in [9.17, 15) is 9.90 Å². The number of carboxylic acid groups (broad SMARTS) is 1. The van der Waals surface area contributed by atoms with Gasteiger partial charge in [0, 0.05) is 11.0 Å². The normalized spacial score (nSPS) is 26.9. The maximum Gasteiger partial charge on any atom is 0.307 e. The summed E-state index contributed by atoms with van der Waals surface area (Å²) < 4.78 is 21.3. The Labute approximate surface area is 225 Å². The summed E-state index contributed by atoms with van der Waals surface area (Å²) in [7, 11) is 0. The fourth-order valence-corrected chi connectivity index (χ4v) is 7.78. The number of fused-ring (bicyclic) bond motifs is 2. The molecule has 0 heterocycles. The zero-order valence-corrected chi connectivity index (χ0v) is 22.8. The molecule has 1 spiro atoms. The van der Waals surface area contributed by atoms with E-state index < -0.39 is 5.97 Å². The SMILES string of the molecule is Cc1ccc(F)c(-c2ccc(COc3ccc4c(c3)[C@]3(CC4)[C@H](C)[C@@H]3C(=O)O)cc2[C@H]2CCCC2(C)C)c1. The molecule has 0 bridgehead atoms. The second-order valence-corrected chi connectivity index (χ2v) is 12.6. The van der Waals surface area contributed by atoms with Crippen molar-refractivity contribution in [1.82, 2.24) is 0 Å². The number of ether oxygens (including phenoxy) is 1. The first-order valence-corrected chi connectivity index (χ1v) is 14.0. The highest BCUT2D eigenvalue weighted by molar-refractivity contribution is 5.79. The van der Waals surface area contributed by atoms with Gasteiger partial charge >= 0.3 is 5.97 Å². The van der Waals surface area contributed by atoms with Crippen LogP contribution in [0.4, 0.5) is 4.39 Å². The highest BCUT2D eigenvalue weighted by Gasteiger charge is 2.68. The molecule has 6 rings (SSSR count). The number of rotatable bonds is 6. The monoisotopic (exact) mass is 512 g/mol. The van der Waals surface area contributed by atoms with Crippen LogP contribution in [0.5, 0.6) is 5.75 Å². The molecule has 0 aliphatic heterocycles. The van der Waals surface area contributed by atoms with Gasteiger partial charge in [-0.1, -0.05) is 63.1 Å². The fourth-order valence-electron chi connectivity index (χ4n) is 7.78. The van der Waals surface area contributed by atoms with Gasteiger partial charge in [0.1, 0.15) is 18.2 Å². The number of carboxylic acids is 1. The number of aryl methyl sites for hydroxylation is 2. The quantitative estimate of drug-likeness (QED) is 0.362. The Balaban J connectivity index is 1.30. The lowest BCUT2D eigenvalue weighted by Crippen LogP contribution is -2.17. The predicted octanol–water partition coefficient (Wildman–Crippen LogP) is 8.21. The van der Waals surface area contributed by atoms with Crippen LogP contribution in [-0.4, -0.2) is 11.1 Å². The number of carbonyl (C=O) groups is 1. The molecule has 3 aliphatic rings. The first-order chi connectivity index (χ1) is 18.1. The average Bonchev–Trinajstić information content (AvgIpc) is 3.11. The van der Waals surface area contributed by atoms with Crippen molar-refractivity contribution in [2.24, 2.45) is 17.3 Å². The third-order valence-corrected chi connectivity index (χ3v) is 9.98. The summed E-state index contributed by atoms with van der Waals surface area (Å²) in [4.78, 5) is 11.8. The Hall–Kier alpha value is -3.14. The van der Waals surface area contributed by atoms with Crippen LogP contribution in [0.2, 0.25) is 0 Å². The van der Waals surface area contributed by atoms with Gasteiger partial charge in [0.05, 0.1) is 5.92 Å². The van der Waals surface area contributed by atoms with Crippen molar-refractivity contribution >= 4 is 5.97 Å². The lowest BCUT2D eigenvalue weighted by molar-refractivity contribution is -0.139. The zero-order chi connectivity index (χ0) is 26.8. The molecule has 198 valence electrons. The number of halogens is 1. The van der Waals surface area contributed by atoms with Crippen LogP contribution in [0, 0.1) is 30.0 Å². The van der Waals surface area contributed by atoms with E-state index in [1.807, 2.05) is 25.1 Å². The van der Waals surface area contributed by atoms with Crippen LogP contribution >= 0.6 is 0 Å². The van der Waals surface area contributed by atoms with E-state index in [1.54, 1.807) is 6.07 Å². The second kappa shape index (κ2) is 8.97. The molecule has 0 unspecified atom stereocenters. The molecule has 3 nitrogen and oxygen atoms in total. The number of hydrogen-bond donors (Lipinski definition) is 1. The van der Waals surface area contributed by atoms with Gasteiger partial charge in [0.25, 0.3) is 0 Å². The summed E-state index contributed by atoms with van der Waals surface area (Å²) >= 11 is 0. The zero-order valence-electron chi connectivity index (χ0n) is 22.8.